The molecule has 1 aliphatic heterocycles. The lowest BCUT2D eigenvalue weighted by atomic mass is 10.0. The van der Waals surface area contributed by atoms with Gasteiger partial charge in [0.05, 0.1) is 0 Å². The van der Waals surface area contributed by atoms with Gasteiger partial charge in [0.2, 0.25) is 0 Å². The lowest BCUT2D eigenvalue weighted by Gasteiger charge is -2.38. The molecule has 0 radical (unpaired) electrons. The smallest absolute Gasteiger partial charge is 0.0307 e. The number of benzene rings is 1. The summed E-state index contributed by atoms with van der Waals surface area (Å²) in [7, 11) is 0. The highest BCUT2D eigenvalue weighted by Crippen LogP contribution is 2.25. The first-order valence-electron chi connectivity index (χ1n) is 6.94. The minimum atomic E-state index is 0.144. The maximum absolute atomic E-state index is 6.30. The molecule has 1 fully saturated rings. The Bertz CT molecular complexity index is 396. The van der Waals surface area contributed by atoms with E-state index in [0.29, 0.717) is 6.04 Å². The summed E-state index contributed by atoms with van der Waals surface area (Å²) in [5.74, 6) is 1.25. The Hall–Kier alpha value is -0.0300. The number of hydrogen-bond donors (Lipinski definition) is 1. The standard InChI is InChI=1S/C15H23BrN2S/c1-11-12(2)19-10-9-18(11)8-7-15(17)13-3-5-14(16)6-4-13/h3-6,11-12,15H,7-10,17H2,1-2H3. The van der Waals surface area contributed by atoms with Crippen LogP contribution < -0.4 is 5.73 Å². The lowest BCUT2D eigenvalue weighted by molar-refractivity contribution is 0.206. The van der Waals surface area contributed by atoms with Crippen LogP contribution in [0.3, 0.4) is 0 Å². The predicted octanol–water partition coefficient (Wildman–Crippen LogP) is 3.66. The van der Waals surface area contributed by atoms with Crippen molar-refractivity contribution in [2.45, 2.75) is 37.6 Å². The Balaban J connectivity index is 1.86. The Morgan fingerprint density at radius 2 is 2.05 bits per heavy atom. The van der Waals surface area contributed by atoms with E-state index < -0.39 is 0 Å². The van der Waals surface area contributed by atoms with Gasteiger partial charge < -0.3 is 5.73 Å². The molecule has 1 heterocycles. The molecule has 2 N–H and O–H groups in total. The Morgan fingerprint density at radius 3 is 2.74 bits per heavy atom. The highest BCUT2D eigenvalue weighted by Gasteiger charge is 2.25. The number of rotatable bonds is 4. The molecule has 2 nitrogen and oxygen atoms in total. The summed E-state index contributed by atoms with van der Waals surface area (Å²) in [5.41, 5.74) is 7.53. The molecule has 3 atom stereocenters. The lowest BCUT2D eigenvalue weighted by Crippen LogP contribution is -2.45. The summed E-state index contributed by atoms with van der Waals surface area (Å²) >= 11 is 5.54. The molecule has 19 heavy (non-hydrogen) atoms. The van der Waals surface area contributed by atoms with E-state index in [-0.39, 0.29) is 6.04 Å². The van der Waals surface area contributed by atoms with Crippen LogP contribution in [0.5, 0.6) is 0 Å². The molecule has 3 unspecified atom stereocenters. The summed E-state index contributed by atoms with van der Waals surface area (Å²) in [5, 5.41) is 0.734. The monoisotopic (exact) mass is 342 g/mol. The third kappa shape index (κ3) is 4.22. The van der Waals surface area contributed by atoms with Crippen molar-refractivity contribution in [2.75, 3.05) is 18.8 Å². The normalized spacial score (nSPS) is 26.3. The van der Waals surface area contributed by atoms with Gasteiger partial charge in [0, 0.05) is 40.6 Å². The molecule has 1 saturated heterocycles. The molecule has 1 aliphatic rings. The van der Waals surface area contributed by atoms with Crippen molar-refractivity contribution in [2.24, 2.45) is 5.73 Å². The van der Waals surface area contributed by atoms with Gasteiger partial charge >= 0.3 is 0 Å². The number of nitrogens with zero attached hydrogens (tertiary/aromatic N) is 1. The van der Waals surface area contributed by atoms with Crippen LogP contribution in [0.2, 0.25) is 0 Å². The number of hydrogen-bond acceptors (Lipinski definition) is 3. The second kappa shape index (κ2) is 7.11. The van der Waals surface area contributed by atoms with Gasteiger partial charge in [0.1, 0.15) is 0 Å². The second-order valence-corrected chi connectivity index (χ2v) is 7.70. The van der Waals surface area contributed by atoms with Gasteiger partial charge in [-0.3, -0.25) is 4.90 Å². The number of nitrogens with two attached hydrogens (primary N) is 1. The Morgan fingerprint density at radius 1 is 1.37 bits per heavy atom. The van der Waals surface area contributed by atoms with Gasteiger partial charge in [-0.1, -0.05) is 35.0 Å². The SMILES string of the molecule is CC1SCCN(CCC(N)c2ccc(Br)cc2)C1C. The topological polar surface area (TPSA) is 29.3 Å². The van der Waals surface area contributed by atoms with Crippen LogP contribution in [0, 0.1) is 0 Å². The maximum Gasteiger partial charge on any atom is 0.0307 e. The average Bonchev–Trinajstić information content (AvgIpc) is 2.41. The van der Waals surface area contributed by atoms with E-state index in [9.17, 15) is 0 Å². The summed E-state index contributed by atoms with van der Waals surface area (Å²) in [6.45, 7) is 6.96. The second-order valence-electron chi connectivity index (χ2n) is 5.30. The highest BCUT2D eigenvalue weighted by atomic mass is 79.9. The summed E-state index contributed by atoms with van der Waals surface area (Å²) in [4.78, 5) is 2.58. The molecule has 4 heteroatoms. The fraction of sp³-hybridized carbons (Fsp3) is 0.600. The third-order valence-corrected chi connectivity index (χ3v) is 5.91. The van der Waals surface area contributed by atoms with Gasteiger partial charge in [0.25, 0.3) is 0 Å². The van der Waals surface area contributed by atoms with Crippen LogP contribution in [0.25, 0.3) is 0 Å². The van der Waals surface area contributed by atoms with Crippen molar-refractivity contribution < 1.29 is 0 Å². The van der Waals surface area contributed by atoms with Crippen molar-refractivity contribution >= 4 is 27.7 Å². The van der Waals surface area contributed by atoms with E-state index in [4.69, 9.17) is 5.73 Å². The third-order valence-electron chi connectivity index (χ3n) is 4.04. The van der Waals surface area contributed by atoms with E-state index in [1.165, 1.54) is 17.9 Å². The van der Waals surface area contributed by atoms with Crippen LogP contribution >= 0.6 is 27.7 Å². The summed E-state index contributed by atoms with van der Waals surface area (Å²) < 4.78 is 1.11. The Labute approximate surface area is 129 Å². The number of thioether (sulfide) groups is 1. The zero-order valence-corrected chi connectivity index (χ0v) is 14.1. The highest BCUT2D eigenvalue weighted by molar-refractivity contribution is 9.10. The summed E-state index contributed by atoms with van der Waals surface area (Å²) in [6.07, 6.45) is 1.03. The van der Waals surface area contributed by atoms with Gasteiger partial charge in [-0.15, -0.1) is 0 Å². The van der Waals surface area contributed by atoms with Crippen molar-refractivity contribution in [1.82, 2.24) is 4.90 Å². The molecular weight excluding hydrogens is 320 g/mol. The van der Waals surface area contributed by atoms with Gasteiger partial charge in [0.15, 0.2) is 0 Å². The van der Waals surface area contributed by atoms with E-state index in [1.54, 1.807) is 0 Å². The van der Waals surface area contributed by atoms with Crippen molar-refractivity contribution in [3.63, 3.8) is 0 Å². The van der Waals surface area contributed by atoms with E-state index in [1.807, 2.05) is 0 Å². The van der Waals surface area contributed by atoms with Crippen molar-refractivity contribution in [3.05, 3.63) is 34.3 Å². The molecule has 0 aliphatic carbocycles. The zero-order chi connectivity index (χ0) is 13.8. The first-order chi connectivity index (χ1) is 9.08. The van der Waals surface area contributed by atoms with E-state index in [0.717, 1.165) is 22.7 Å². The maximum atomic E-state index is 6.30. The molecular formula is C15H23BrN2S. The Kier molecular flexibility index (Phi) is 5.75. The molecule has 0 aromatic heterocycles. The van der Waals surface area contributed by atoms with Gasteiger partial charge in [-0.2, -0.15) is 11.8 Å². The van der Waals surface area contributed by atoms with Gasteiger partial charge in [-0.05, 0) is 31.0 Å². The van der Waals surface area contributed by atoms with Crippen LogP contribution in [0.15, 0.2) is 28.7 Å². The van der Waals surface area contributed by atoms with Crippen LogP contribution in [0.4, 0.5) is 0 Å². The minimum Gasteiger partial charge on any atom is -0.324 e. The molecule has 2 rings (SSSR count). The number of halogens is 1. The van der Waals surface area contributed by atoms with E-state index in [2.05, 4.69) is 70.7 Å². The fourth-order valence-corrected chi connectivity index (χ4v) is 3.92. The van der Waals surface area contributed by atoms with Crippen molar-refractivity contribution in [3.8, 4) is 0 Å². The molecule has 0 bridgehead atoms. The quantitative estimate of drug-likeness (QED) is 0.905. The minimum absolute atomic E-state index is 0.144. The van der Waals surface area contributed by atoms with Crippen LogP contribution in [-0.2, 0) is 0 Å². The molecule has 106 valence electrons. The van der Waals surface area contributed by atoms with Crippen molar-refractivity contribution in [1.29, 1.82) is 0 Å². The van der Waals surface area contributed by atoms with E-state index >= 15 is 0 Å². The van der Waals surface area contributed by atoms with Gasteiger partial charge in [-0.25, -0.2) is 0 Å². The predicted molar refractivity (Wildman–Crippen MR) is 88.6 cm³/mol. The largest absolute Gasteiger partial charge is 0.324 e. The summed E-state index contributed by atoms with van der Waals surface area (Å²) in [6, 6.07) is 9.18. The van der Waals surface area contributed by atoms with Crippen LogP contribution in [-0.4, -0.2) is 35.0 Å². The molecule has 1 aromatic carbocycles. The average molecular weight is 343 g/mol. The fourth-order valence-electron chi connectivity index (χ4n) is 2.49. The first-order valence-corrected chi connectivity index (χ1v) is 8.79. The molecule has 1 aromatic rings. The molecule has 0 amide bonds. The zero-order valence-electron chi connectivity index (χ0n) is 11.7. The first kappa shape index (κ1) is 15.4. The molecule has 0 spiro atoms. The van der Waals surface area contributed by atoms with Crippen LogP contribution in [0.1, 0.15) is 31.9 Å². The molecule has 0 saturated carbocycles.